The highest BCUT2D eigenvalue weighted by Crippen LogP contribution is 2.15. The normalized spacial score (nSPS) is 12.6. The van der Waals surface area contributed by atoms with Gasteiger partial charge in [-0.3, -0.25) is 14.4 Å². The fourth-order valence-corrected chi connectivity index (χ4v) is 8.39. The van der Waals surface area contributed by atoms with E-state index in [-0.39, 0.29) is 37.5 Å². The highest BCUT2D eigenvalue weighted by Gasteiger charge is 2.19. The van der Waals surface area contributed by atoms with Crippen LogP contribution in [0.2, 0.25) is 0 Å². The summed E-state index contributed by atoms with van der Waals surface area (Å²) < 4.78 is 16.8. The molecule has 0 amide bonds. The molecule has 70 heavy (non-hydrogen) atoms. The lowest BCUT2D eigenvalue weighted by Gasteiger charge is -2.18. The average molecular weight is 978 g/mol. The standard InChI is InChI=1S/C64H112O6/c1-4-7-10-13-16-19-22-25-28-31-32-34-36-39-42-45-48-51-54-57-63(66)69-60-61(59-68-62(65)56-53-50-47-44-41-38-35-30-27-24-21-18-15-12-9-6-3)70-64(67)58-55-52-49-46-43-40-37-33-29-26-23-20-17-14-11-8-5-2/h26,29-32,35,37-38,40-41,46,49,61H,4-25,27-28,33-34,36,39,42-45,47-48,50-60H2,1-3H3/b29-26-,32-31-,35-30-,40-37-,41-38-,49-46-. The van der Waals surface area contributed by atoms with E-state index < -0.39 is 6.10 Å². The maximum atomic E-state index is 12.8. The zero-order valence-electron chi connectivity index (χ0n) is 46.3. The van der Waals surface area contributed by atoms with Crippen LogP contribution >= 0.6 is 0 Å². The Bertz CT molecular complexity index is 1310. The van der Waals surface area contributed by atoms with Gasteiger partial charge in [0.05, 0.1) is 0 Å². The van der Waals surface area contributed by atoms with E-state index in [0.29, 0.717) is 19.3 Å². The van der Waals surface area contributed by atoms with Crippen LogP contribution in [0.15, 0.2) is 72.9 Å². The molecule has 0 N–H and O–H groups in total. The summed E-state index contributed by atoms with van der Waals surface area (Å²) in [5, 5.41) is 0. The van der Waals surface area contributed by atoms with Crippen molar-refractivity contribution in [2.75, 3.05) is 13.2 Å². The van der Waals surface area contributed by atoms with Crippen LogP contribution in [0.3, 0.4) is 0 Å². The Balaban J connectivity index is 4.48. The van der Waals surface area contributed by atoms with Crippen molar-refractivity contribution in [3.8, 4) is 0 Å². The SMILES string of the molecule is CCCCCCCC/C=C\C/C=C\C/C=C\CCCC(=O)OC(COC(=O)CCCCC/C=C\C=C/CCCCCCCCC)COC(=O)CCCCCCCCC/C=C\CCCCCCCCCC. The summed E-state index contributed by atoms with van der Waals surface area (Å²) in [6, 6.07) is 0. The number of carbonyl (C=O) groups is 3. The van der Waals surface area contributed by atoms with Gasteiger partial charge in [-0.05, 0) is 103 Å². The van der Waals surface area contributed by atoms with E-state index in [1.165, 1.54) is 180 Å². The number of unbranched alkanes of at least 4 members (excludes halogenated alkanes) is 32. The third-order valence-corrected chi connectivity index (χ3v) is 12.9. The predicted molar refractivity (Wildman–Crippen MR) is 302 cm³/mol. The highest BCUT2D eigenvalue weighted by atomic mass is 16.6. The Labute approximate surface area is 433 Å². The van der Waals surface area contributed by atoms with E-state index in [1.54, 1.807) is 0 Å². The van der Waals surface area contributed by atoms with E-state index in [2.05, 4.69) is 93.7 Å². The zero-order valence-corrected chi connectivity index (χ0v) is 46.3. The van der Waals surface area contributed by atoms with Gasteiger partial charge in [0.15, 0.2) is 6.10 Å². The molecule has 0 saturated heterocycles. The lowest BCUT2D eigenvalue weighted by molar-refractivity contribution is -0.167. The van der Waals surface area contributed by atoms with Crippen LogP contribution in [-0.4, -0.2) is 37.2 Å². The Hall–Kier alpha value is -3.15. The van der Waals surface area contributed by atoms with Crippen molar-refractivity contribution in [3.63, 3.8) is 0 Å². The first-order valence-corrected chi connectivity index (χ1v) is 30.0. The molecule has 0 spiro atoms. The third kappa shape index (κ3) is 55.8. The second kappa shape index (κ2) is 58.4. The predicted octanol–water partition coefficient (Wildman–Crippen LogP) is 20.2. The number of hydrogen-bond acceptors (Lipinski definition) is 6. The molecule has 0 aromatic carbocycles. The van der Waals surface area contributed by atoms with Gasteiger partial charge in [-0.15, -0.1) is 0 Å². The van der Waals surface area contributed by atoms with Crippen LogP contribution in [0.1, 0.15) is 297 Å². The zero-order chi connectivity index (χ0) is 50.7. The Morgan fingerprint density at radius 3 is 0.957 bits per heavy atom. The minimum atomic E-state index is -0.815. The number of allylic oxidation sites excluding steroid dienone is 12. The van der Waals surface area contributed by atoms with Crippen molar-refractivity contribution >= 4 is 17.9 Å². The van der Waals surface area contributed by atoms with Gasteiger partial charge in [0.2, 0.25) is 0 Å². The molecule has 1 unspecified atom stereocenters. The molecule has 0 radical (unpaired) electrons. The van der Waals surface area contributed by atoms with Crippen molar-refractivity contribution in [2.24, 2.45) is 0 Å². The smallest absolute Gasteiger partial charge is 0.306 e. The van der Waals surface area contributed by atoms with Gasteiger partial charge in [-0.25, -0.2) is 0 Å². The summed E-state index contributed by atoms with van der Waals surface area (Å²) in [5.74, 6) is -0.981. The van der Waals surface area contributed by atoms with Crippen molar-refractivity contribution in [3.05, 3.63) is 72.9 Å². The molecule has 0 aromatic rings. The van der Waals surface area contributed by atoms with Crippen molar-refractivity contribution in [1.29, 1.82) is 0 Å². The van der Waals surface area contributed by atoms with Crippen LogP contribution in [-0.2, 0) is 28.6 Å². The number of esters is 3. The van der Waals surface area contributed by atoms with E-state index in [0.717, 1.165) is 70.6 Å². The molecule has 0 aromatic heterocycles. The molecule has 0 aliphatic carbocycles. The Morgan fingerprint density at radius 1 is 0.300 bits per heavy atom. The summed E-state index contributed by atoms with van der Waals surface area (Å²) in [6.45, 7) is 6.58. The molecular weight excluding hydrogens is 865 g/mol. The first-order chi connectivity index (χ1) is 34.5. The molecule has 0 saturated carbocycles. The Morgan fingerprint density at radius 2 is 0.571 bits per heavy atom. The van der Waals surface area contributed by atoms with Crippen LogP contribution < -0.4 is 0 Å². The van der Waals surface area contributed by atoms with Gasteiger partial charge in [0, 0.05) is 19.3 Å². The molecule has 6 nitrogen and oxygen atoms in total. The maximum absolute atomic E-state index is 12.8. The second-order valence-electron chi connectivity index (χ2n) is 19.9. The quantitative estimate of drug-likeness (QED) is 0.0199. The van der Waals surface area contributed by atoms with Gasteiger partial charge < -0.3 is 14.2 Å². The van der Waals surface area contributed by atoms with E-state index in [1.807, 2.05) is 0 Å². The number of hydrogen-bond donors (Lipinski definition) is 0. The second-order valence-corrected chi connectivity index (χ2v) is 19.9. The minimum absolute atomic E-state index is 0.105. The van der Waals surface area contributed by atoms with Gasteiger partial charge in [-0.1, -0.05) is 248 Å². The van der Waals surface area contributed by atoms with Gasteiger partial charge in [0.25, 0.3) is 0 Å². The first kappa shape index (κ1) is 66.9. The van der Waals surface area contributed by atoms with Gasteiger partial charge in [0.1, 0.15) is 13.2 Å². The number of carbonyl (C=O) groups excluding carboxylic acids is 3. The van der Waals surface area contributed by atoms with Crippen molar-refractivity contribution in [1.82, 2.24) is 0 Å². The summed E-state index contributed by atoms with van der Waals surface area (Å²) in [5.41, 5.74) is 0. The summed E-state index contributed by atoms with van der Waals surface area (Å²) >= 11 is 0. The average Bonchev–Trinajstić information content (AvgIpc) is 3.36. The summed E-state index contributed by atoms with van der Waals surface area (Å²) in [4.78, 5) is 38.2. The minimum Gasteiger partial charge on any atom is -0.462 e. The van der Waals surface area contributed by atoms with E-state index in [9.17, 15) is 14.4 Å². The third-order valence-electron chi connectivity index (χ3n) is 12.9. The molecule has 6 heteroatoms. The van der Waals surface area contributed by atoms with Gasteiger partial charge >= 0.3 is 17.9 Å². The summed E-state index contributed by atoms with van der Waals surface area (Å²) in [7, 11) is 0. The van der Waals surface area contributed by atoms with Gasteiger partial charge in [-0.2, -0.15) is 0 Å². The van der Waals surface area contributed by atoms with Crippen LogP contribution in [0.4, 0.5) is 0 Å². The van der Waals surface area contributed by atoms with Crippen LogP contribution in [0, 0.1) is 0 Å². The monoisotopic (exact) mass is 977 g/mol. The topological polar surface area (TPSA) is 78.9 Å². The fourth-order valence-electron chi connectivity index (χ4n) is 8.39. The lowest BCUT2D eigenvalue weighted by Crippen LogP contribution is -2.30. The van der Waals surface area contributed by atoms with E-state index >= 15 is 0 Å². The Kier molecular flexibility index (Phi) is 55.8. The number of rotatable bonds is 54. The molecule has 0 aliphatic rings. The van der Waals surface area contributed by atoms with Crippen LogP contribution in [0.5, 0.6) is 0 Å². The summed E-state index contributed by atoms with van der Waals surface area (Å²) in [6.07, 6.45) is 74.7. The molecule has 404 valence electrons. The van der Waals surface area contributed by atoms with Crippen LogP contribution in [0.25, 0.3) is 0 Å². The molecule has 0 heterocycles. The molecule has 0 aliphatic heterocycles. The molecule has 0 bridgehead atoms. The first-order valence-electron chi connectivity index (χ1n) is 30.0. The molecular formula is C64H112O6. The molecule has 1 atom stereocenters. The van der Waals surface area contributed by atoms with Crippen molar-refractivity contribution < 1.29 is 28.6 Å². The molecule has 0 rings (SSSR count). The van der Waals surface area contributed by atoms with E-state index in [4.69, 9.17) is 14.2 Å². The lowest BCUT2D eigenvalue weighted by atomic mass is 10.1. The molecule has 0 fully saturated rings. The number of ether oxygens (including phenoxy) is 3. The van der Waals surface area contributed by atoms with Crippen molar-refractivity contribution in [2.45, 2.75) is 303 Å². The maximum Gasteiger partial charge on any atom is 0.306 e. The fraction of sp³-hybridized carbons (Fsp3) is 0.766. The highest BCUT2D eigenvalue weighted by molar-refractivity contribution is 5.71. The largest absolute Gasteiger partial charge is 0.462 e.